The van der Waals surface area contributed by atoms with Crippen molar-refractivity contribution < 1.29 is 0 Å². The highest BCUT2D eigenvalue weighted by molar-refractivity contribution is 7.14. The molecule has 0 unspecified atom stereocenters. The average molecular weight is 300 g/mol. The van der Waals surface area contributed by atoms with Crippen LogP contribution >= 0.6 is 22.7 Å². The van der Waals surface area contributed by atoms with Crippen LogP contribution in [0.15, 0.2) is 53.4 Å². The van der Waals surface area contributed by atoms with Gasteiger partial charge in [-0.25, -0.2) is 0 Å². The van der Waals surface area contributed by atoms with Gasteiger partial charge in [0.05, 0.1) is 5.69 Å². The second-order valence-electron chi connectivity index (χ2n) is 4.64. The first kappa shape index (κ1) is 13.5. The Morgan fingerprint density at radius 2 is 2.15 bits per heavy atom. The maximum atomic E-state index is 4.38. The van der Waals surface area contributed by atoms with Crippen molar-refractivity contribution in [1.29, 1.82) is 0 Å². The molecule has 3 aromatic heterocycles. The van der Waals surface area contributed by atoms with Gasteiger partial charge in [0.25, 0.3) is 0 Å². The van der Waals surface area contributed by atoms with E-state index in [2.05, 4.69) is 52.3 Å². The van der Waals surface area contributed by atoms with E-state index in [1.165, 1.54) is 15.3 Å². The maximum Gasteiger partial charge on any atom is 0.0570 e. The molecule has 0 amide bonds. The second-order valence-corrected chi connectivity index (χ2v) is 6.58. The Balaban J connectivity index is 1.62. The van der Waals surface area contributed by atoms with Gasteiger partial charge in [-0.15, -0.1) is 22.7 Å². The van der Waals surface area contributed by atoms with E-state index in [-0.39, 0.29) is 6.04 Å². The molecule has 3 aromatic rings. The van der Waals surface area contributed by atoms with Gasteiger partial charge in [-0.05, 0) is 41.9 Å². The Morgan fingerprint density at radius 3 is 2.90 bits per heavy atom. The number of nitrogens with zero attached hydrogens (tertiary/aromatic N) is 1. The Morgan fingerprint density at radius 1 is 1.20 bits per heavy atom. The molecule has 0 aromatic carbocycles. The van der Waals surface area contributed by atoms with Gasteiger partial charge in [-0.1, -0.05) is 12.1 Å². The molecule has 102 valence electrons. The van der Waals surface area contributed by atoms with Crippen molar-refractivity contribution in [1.82, 2.24) is 10.3 Å². The molecule has 20 heavy (non-hydrogen) atoms. The van der Waals surface area contributed by atoms with Crippen LogP contribution in [0.4, 0.5) is 0 Å². The van der Waals surface area contributed by atoms with Crippen LogP contribution in [0.1, 0.15) is 23.5 Å². The van der Waals surface area contributed by atoms with Gasteiger partial charge < -0.3 is 5.32 Å². The van der Waals surface area contributed by atoms with Gasteiger partial charge in [0.1, 0.15) is 0 Å². The van der Waals surface area contributed by atoms with Crippen molar-refractivity contribution in [2.24, 2.45) is 0 Å². The van der Waals surface area contributed by atoms with E-state index in [0.29, 0.717) is 0 Å². The van der Waals surface area contributed by atoms with Crippen molar-refractivity contribution in [2.75, 3.05) is 0 Å². The topological polar surface area (TPSA) is 24.9 Å². The number of hydrogen-bond acceptors (Lipinski definition) is 4. The molecule has 0 aliphatic carbocycles. The fraction of sp³-hybridized carbons (Fsp3) is 0.188. The van der Waals surface area contributed by atoms with Gasteiger partial charge in [0, 0.05) is 34.1 Å². The summed E-state index contributed by atoms with van der Waals surface area (Å²) in [5.74, 6) is 0. The summed E-state index contributed by atoms with van der Waals surface area (Å²) in [6.45, 7) is 3.03. The predicted octanol–water partition coefficient (Wildman–Crippen LogP) is 4.72. The number of pyridine rings is 1. The molecular formula is C16H16N2S2. The van der Waals surface area contributed by atoms with Crippen molar-refractivity contribution in [3.05, 3.63) is 63.9 Å². The van der Waals surface area contributed by atoms with Crippen LogP contribution in [0.2, 0.25) is 0 Å². The van der Waals surface area contributed by atoms with E-state index in [1.54, 1.807) is 11.3 Å². The molecule has 0 saturated heterocycles. The lowest BCUT2D eigenvalue weighted by Crippen LogP contribution is -2.18. The highest BCUT2D eigenvalue weighted by atomic mass is 32.1. The van der Waals surface area contributed by atoms with Crippen LogP contribution in [0.25, 0.3) is 10.4 Å². The minimum Gasteiger partial charge on any atom is -0.304 e. The van der Waals surface area contributed by atoms with E-state index in [0.717, 1.165) is 12.2 Å². The first-order valence-corrected chi connectivity index (χ1v) is 8.34. The molecule has 1 N–H and O–H groups in total. The fourth-order valence-electron chi connectivity index (χ4n) is 2.04. The quantitative estimate of drug-likeness (QED) is 0.737. The lowest BCUT2D eigenvalue weighted by Gasteiger charge is -2.12. The third-order valence-corrected chi connectivity index (χ3v) is 5.03. The molecule has 0 bridgehead atoms. The van der Waals surface area contributed by atoms with E-state index in [1.807, 2.05) is 29.7 Å². The first-order valence-electron chi connectivity index (χ1n) is 6.58. The summed E-state index contributed by atoms with van der Waals surface area (Å²) in [4.78, 5) is 7.08. The summed E-state index contributed by atoms with van der Waals surface area (Å²) < 4.78 is 0. The molecule has 0 fully saturated rings. The minimum absolute atomic E-state index is 0.267. The van der Waals surface area contributed by atoms with Gasteiger partial charge in [-0.3, -0.25) is 4.98 Å². The third-order valence-electron chi connectivity index (χ3n) is 3.17. The van der Waals surface area contributed by atoms with Gasteiger partial charge in [0.15, 0.2) is 0 Å². The zero-order valence-corrected chi connectivity index (χ0v) is 12.9. The predicted molar refractivity (Wildman–Crippen MR) is 87.1 cm³/mol. The fourth-order valence-corrected chi connectivity index (χ4v) is 3.66. The molecule has 0 aliphatic rings. The van der Waals surface area contributed by atoms with E-state index < -0.39 is 0 Å². The summed E-state index contributed by atoms with van der Waals surface area (Å²) >= 11 is 3.60. The van der Waals surface area contributed by atoms with Crippen LogP contribution in [0.5, 0.6) is 0 Å². The summed E-state index contributed by atoms with van der Waals surface area (Å²) in [6, 6.07) is 12.8. The van der Waals surface area contributed by atoms with Crippen LogP contribution in [-0.4, -0.2) is 4.98 Å². The lowest BCUT2D eigenvalue weighted by atomic mass is 10.2. The second kappa shape index (κ2) is 6.31. The zero-order valence-electron chi connectivity index (χ0n) is 11.2. The van der Waals surface area contributed by atoms with Crippen LogP contribution < -0.4 is 5.32 Å². The molecule has 0 spiro atoms. The SMILES string of the molecule is C[C@@H](NCc1cc(-c2cccs2)cs1)c1ccccn1. The third kappa shape index (κ3) is 3.15. The number of rotatable bonds is 5. The van der Waals surface area contributed by atoms with Crippen molar-refractivity contribution in [2.45, 2.75) is 19.5 Å². The van der Waals surface area contributed by atoms with E-state index in [9.17, 15) is 0 Å². The van der Waals surface area contributed by atoms with Gasteiger partial charge in [0.2, 0.25) is 0 Å². The number of nitrogens with one attached hydrogen (secondary N) is 1. The molecule has 1 atom stereocenters. The number of thiophene rings is 2. The molecule has 0 saturated carbocycles. The molecule has 3 rings (SSSR count). The first-order chi connectivity index (χ1) is 9.83. The lowest BCUT2D eigenvalue weighted by molar-refractivity contribution is 0.565. The highest BCUT2D eigenvalue weighted by Crippen LogP contribution is 2.29. The molecule has 0 aliphatic heterocycles. The van der Waals surface area contributed by atoms with Crippen LogP contribution in [0.3, 0.4) is 0 Å². The molecule has 2 nitrogen and oxygen atoms in total. The largest absolute Gasteiger partial charge is 0.304 e. The van der Waals surface area contributed by atoms with Gasteiger partial charge in [-0.2, -0.15) is 0 Å². The Bertz CT molecular complexity index is 644. The van der Waals surface area contributed by atoms with Crippen LogP contribution in [0, 0.1) is 0 Å². The van der Waals surface area contributed by atoms with Crippen molar-refractivity contribution in [3.63, 3.8) is 0 Å². The molecule has 0 radical (unpaired) electrons. The highest BCUT2D eigenvalue weighted by Gasteiger charge is 2.07. The normalized spacial score (nSPS) is 12.4. The van der Waals surface area contributed by atoms with E-state index >= 15 is 0 Å². The summed E-state index contributed by atoms with van der Waals surface area (Å²) in [5.41, 5.74) is 2.41. The molecular weight excluding hydrogens is 284 g/mol. The maximum absolute atomic E-state index is 4.38. The summed E-state index contributed by atoms with van der Waals surface area (Å²) in [5, 5.41) is 7.87. The molecule has 4 heteroatoms. The number of hydrogen-bond donors (Lipinski definition) is 1. The summed E-state index contributed by atoms with van der Waals surface area (Å²) in [6.07, 6.45) is 1.84. The Kier molecular flexibility index (Phi) is 4.25. The average Bonchev–Trinajstić information content (AvgIpc) is 3.16. The van der Waals surface area contributed by atoms with Crippen molar-refractivity contribution >= 4 is 22.7 Å². The Labute approximate surface area is 127 Å². The molecule has 3 heterocycles. The van der Waals surface area contributed by atoms with E-state index in [4.69, 9.17) is 0 Å². The standard InChI is InChI=1S/C16H16N2S2/c1-12(15-5-2-3-7-17-15)18-10-14-9-13(11-20-14)16-6-4-8-19-16/h2-9,11-12,18H,10H2,1H3/t12-/m1/s1. The minimum atomic E-state index is 0.267. The van der Waals surface area contributed by atoms with Gasteiger partial charge >= 0.3 is 0 Å². The van der Waals surface area contributed by atoms with Crippen LogP contribution in [-0.2, 0) is 6.54 Å². The monoisotopic (exact) mass is 300 g/mol. The summed E-state index contributed by atoms with van der Waals surface area (Å²) in [7, 11) is 0. The zero-order chi connectivity index (χ0) is 13.8. The number of aromatic nitrogens is 1. The van der Waals surface area contributed by atoms with Crippen molar-refractivity contribution in [3.8, 4) is 10.4 Å². The smallest absolute Gasteiger partial charge is 0.0570 e. The Hall–Kier alpha value is -1.49.